The number of nitrogens with zero attached hydrogens (tertiary/aromatic N) is 3. The molecule has 1 saturated heterocycles. The van der Waals surface area contributed by atoms with E-state index in [2.05, 4.69) is 0 Å². The minimum atomic E-state index is -1.44. The summed E-state index contributed by atoms with van der Waals surface area (Å²) in [5.74, 6) is 0.528. The maximum Gasteiger partial charge on any atom is 0.254 e. The third-order valence-corrected chi connectivity index (χ3v) is 6.32. The number of carbonyl (C=O) groups excluding carboxylic acids is 1. The van der Waals surface area contributed by atoms with Crippen LogP contribution < -0.4 is 0 Å². The molecule has 33 heavy (non-hydrogen) atoms. The first-order chi connectivity index (χ1) is 16.1. The van der Waals surface area contributed by atoms with E-state index in [-0.39, 0.29) is 5.91 Å². The van der Waals surface area contributed by atoms with Crippen LogP contribution in [0.3, 0.4) is 0 Å². The molecule has 3 aromatic carbocycles. The highest BCUT2D eigenvalue weighted by Gasteiger charge is 2.38. The van der Waals surface area contributed by atoms with Crippen LogP contribution in [0.2, 0.25) is 0 Å². The fourth-order valence-electron chi connectivity index (χ4n) is 4.58. The number of carbonyl (C=O) groups is 1. The number of amides is 1. The lowest BCUT2D eigenvalue weighted by molar-refractivity contribution is 0.0303. The number of benzene rings is 3. The number of aryl methyl sites for hydroxylation is 1. The standard InChI is InChI=1S/C27H27N3O3/c1-2-30-24-19-20(25(31)29-15-17-33-18-16-29)13-14-23(24)28-26(30)27(32,21-9-5-3-6-10-21)22-11-7-4-8-12-22/h3-14,19,32H,2,15-18H2,1H3. The average molecular weight is 442 g/mol. The van der Waals surface area contributed by atoms with E-state index in [0.29, 0.717) is 44.2 Å². The number of imidazole rings is 1. The Kier molecular flexibility index (Phi) is 5.70. The third-order valence-electron chi connectivity index (χ3n) is 6.32. The lowest BCUT2D eigenvalue weighted by Crippen LogP contribution is -2.40. The van der Waals surface area contributed by atoms with Gasteiger partial charge < -0.3 is 19.3 Å². The topological polar surface area (TPSA) is 67.6 Å². The van der Waals surface area contributed by atoms with Crippen LogP contribution in [-0.2, 0) is 16.9 Å². The van der Waals surface area contributed by atoms with E-state index < -0.39 is 5.60 Å². The number of rotatable bonds is 5. The summed E-state index contributed by atoms with van der Waals surface area (Å²) in [6.07, 6.45) is 0. The molecule has 0 unspecified atom stereocenters. The van der Waals surface area contributed by atoms with Gasteiger partial charge in [-0.1, -0.05) is 60.7 Å². The summed E-state index contributed by atoms with van der Waals surface area (Å²) in [5, 5.41) is 12.2. The van der Waals surface area contributed by atoms with Gasteiger partial charge in [-0.15, -0.1) is 0 Å². The van der Waals surface area contributed by atoms with Gasteiger partial charge in [-0.2, -0.15) is 0 Å². The van der Waals surface area contributed by atoms with Crippen molar-refractivity contribution in [2.75, 3.05) is 26.3 Å². The van der Waals surface area contributed by atoms with Crippen LogP contribution in [0, 0.1) is 0 Å². The van der Waals surface area contributed by atoms with Crippen LogP contribution >= 0.6 is 0 Å². The van der Waals surface area contributed by atoms with E-state index in [0.717, 1.165) is 22.2 Å². The molecular formula is C27H27N3O3. The highest BCUT2D eigenvalue weighted by molar-refractivity contribution is 5.97. The molecule has 6 nitrogen and oxygen atoms in total. The third kappa shape index (κ3) is 3.71. The molecule has 1 aromatic heterocycles. The summed E-state index contributed by atoms with van der Waals surface area (Å²) < 4.78 is 7.39. The number of hydrogen-bond acceptors (Lipinski definition) is 4. The van der Waals surface area contributed by atoms with E-state index >= 15 is 0 Å². The molecule has 168 valence electrons. The average Bonchev–Trinajstić information content (AvgIpc) is 3.27. The number of aliphatic hydroxyl groups is 1. The highest BCUT2D eigenvalue weighted by atomic mass is 16.5. The SMILES string of the molecule is CCn1c(C(O)(c2ccccc2)c2ccccc2)nc2ccc(C(=O)N3CCOCC3)cc21. The van der Waals surface area contributed by atoms with E-state index in [4.69, 9.17) is 9.72 Å². The molecule has 0 bridgehead atoms. The molecule has 1 aliphatic heterocycles. The van der Waals surface area contributed by atoms with Gasteiger partial charge in [0, 0.05) is 25.2 Å². The molecule has 6 heteroatoms. The number of fused-ring (bicyclic) bond motifs is 1. The minimum Gasteiger partial charge on any atom is -0.378 e. The first kappa shape index (κ1) is 21.4. The summed E-state index contributed by atoms with van der Waals surface area (Å²) in [5.41, 5.74) is 2.24. The van der Waals surface area contributed by atoms with Crippen molar-refractivity contribution in [2.24, 2.45) is 0 Å². The molecule has 0 saturated carbocycles. The van der Waals surface area contributed by atoms with Crippen molar-refractivity contribution in [1.82, 2.24) is 14.5 Å². The second kappa shape index (κ2) is 8.81. The van der Waals surface area contributed by atoms with Crippen LogP contribution in [0.15, 0.2) is 78.9 Å². The van der Waals surface area contributed by atoms with Crippen LogP contribution in [0.25, 0.3) is 11.0 Å². The fraction of sp³-hybridized carbons (Fsp3) is 0.259. The summed E-state index contributed by atoms with van der Waals surface area (Å²) in [6, 6.07) is 24.8. The maximum atomic E-state index is 13.1. The Hall–Kier alpha value is -3.48. The Morgan fingerprint density at radius 2 is 1.58 bits per heavy atom. The van der Waals surface area contributed by atoms with E-state index in [9.17, 15) is 9.90 Å². The first-order valence-corrected chi connectivity index (χ1v) is 11.3. The van der Waals surface area contributed by atoms with Crippen LogP contribution in [0.5, 0.6) is 0 Å². The molecule has 1 aliphatic rings. The van der Waals surface area contributed by atoms with Gasteiger partial charge in [-0.3, -0.25) is 4.79 Å². The van der Waals surface area contributed by atoms with Gasteiger partial charge in [-0.25, -0.2) is 4.98 Å². The first-order valence-electron chi connectivity index (χ1n) is 11.3. The largest absolute Gasteiger partial charge is 0.378 e. The molecule has 1 N–H and O–H groups in total. The zero-order chi connectivity index (χ0) is 22.8. The highest BCUT2D eigenvalue weighted by Crippen LogP contribution is 2.37. The predicted octanol–water partition coefficient (Wildman–Crippen LogP) is 3.81. The van der Waals surface area contributed by atoms with Crippen molar-refractivity contribution >= 4 is 16.9 Å². The molecular weight excluding hydrogens is 414 g/mol. The molecule has 4 aromatic rings. The van der Waals surface area contributed by atoms with Crippen molar-refractivity contribution in [2.45, 2.75) is 19.1 Å². The molecule has 5 rings (SSSR count). The molecule has 0 radical (unpaired) electrons. The Balaban J connectivity index is 1.67. The Morgan fingerprint density at radius 1 is 0.970 bits per heavy atom. The molecule has 2 heterocycles. The smallest absolute Gasteiger partial charge is 0.254 e. The Bertz CT molecular complexity index is 1220. The summed E-state index contributed by atoms with van der Waals surface area (Å²) in [4.78, 5) is 19.8. The molecule has 0 atom stereocenters. The van der Waals surface area contributed by atoms with Gasteiger partial charge in [0.1, 0.15) is 0 Å². The van der Waals surface area contributed by atoms with Gasteiger partial charge in [-0.05, 0) is 36.2 Å². The Labute approximate surface area is 193 Å². The van der Waals surface area contributed by atoms with E-state index in [1.807, 2.05) is 95.3 Å². The lowest BCUT2D eigenvalue weighted by atomic mass is 9.85. The Morgan fingerprint density at radius 3 is 2.15 bits per heavy atom. The number of morpholine rings is 1. The zero-order valence-corrected chi connectivity index (χ0v) is 18.6. The maximum absolute atomic E-state index is 13.1. The van der Waals surface area contributed by atoms with Gasteiger partial charge in [0.15, 0.2) is 11.4 Å². The quantitative estimate of drug-likeness (QED) is 0.511. The zero-order valence-electron chi connectivity index (χ0n) is 18.6. The molecule has 0 aliphatic carbocycles. The normalized spacial score (nSPS) is 14.5. The summed E-state index contributed by atoms with van der Waals surface area (Å²) in [6.45, 7) is 4.94. The van der Waals surface area contributed by atoms with E-state index in [1.54, 1.807) is 0 Å². The van der Waals surface area contributed by atoms with Crippen molar-refractivity contribution in [3.63, 3.8) is 0 Å². The van der Waals surface area contributed by atoms with Gasteiger partial charge in [0.25, 0.3) is 5.91 Å². The van der Waals surface area contributed by atoms with Crippen molar-refractivity contribution in [1.29, 1.82) is 0 Å². The number of aromatic nitrogens is 2. The van der Waals surface area contributed by atoms with Crippen LogP contribution in [0.1, 0.15) is 34.2 Å². The van der Waals surface area contributed by atoms with Gasteiger partial charge >= 0.3 is 0 Å². The predicted molar refractivity (Wildman–Crippen MR) is 127 cm³/mol. The number of hydrogen-bond donors (Lipinski definition) is 1. The molecule has 1 fully saturated rings. The minimum absolute atomic E-state index is 0.00742. The van der Waals surface area contributed by atoms with Crippen molar-refractivity contribution < 1.29 is 14.6 Å². The van der Waals surface area contributed by atoms with E-state index in [1.165, 1.54) is 0 Å². The van der Waals surface area contributed by atoms with Crippen LogP contribution in [0.4, 0.5) is 0 Å². The van der Waals surface area contributed by atoms with Crippen molar-refractivity contribution in [3.8, 4) is 0 Å². The van der Waals surface area contributed by atoms with Gasteiger partial charge in [0.2, 0.25) is 0 Å². The summed E-state index contributed by atoms with van der Waals surface area (Å²) >= 11 is 0. The van der Waals surface area contributed by atoms with Crippen molar-refractivity contribution in [3.05, 3.63) is 101 Å². The summed E-state index contributed by atoms with van der Waals surface area (Å²) in [7, 11) is 0. The monoisotopic (exact) mass is 441 g/mol. The lowest BCUT2D eigenvalue weighted by Gasteiger charge is -2.29. The molecule has 1 amide bonds. The van der Waals surface area contributed by atoms with Gasteiger partial charge in [0.05, 0.1) is 24.2 Å². The second-order valence-electron chi connectivity index (χ2n) is 8.23. The second-order valence-corrected chi connectivity index (χ2v) is 8.23. The van der Waals surface area contributed by atoms with Crippen LogP contribution in [-0.4, -0.2) is 51.8 Å². The molecule has 0 spiro atoms. The number of ether oxygens (including phenoxy) is 1. The fourth-order valence-corrected chi connectivity index (χ4v) is 4.58.